The molecule has 2 N–H and O–H groups in total. The van der Waals surface area contributed by atoms with Crippen LogP contribution in [-0.4, -0.2) is 47.9 Å². The fourth-order valence-electron chi connectivity index (χ4n) is 3.83. The first-order valence-electron chi connectivity index (χ1n) is 8.35. The molecule has 0 bridgehead atoms. The molecular formula is C18H24O6. The molecule has 0 radical (unpaired) electrons. The molecule has 1 aliphatic carbocycles. The highest BCUT2D eigenvalue weighted by atomic mass is 16.7. The zero-order chi connectivity index (χ0) is 17.2. The van der Waals surface area contributed by atoms with Crippen molar-refractivity contribution in [2.45, 2.75) is 49.9 Å². The summed E-state index contributed by atoms with van der Waals surface area (Å²) < 4.78 is 16.6. The Bertz CT molecular complexity index is 566. The van der Waals surface area contributed by atoms with Gasteiger partial charge < -0.3 is 24.4 Å². The van der Waals surface area contributed by atoms with Crippen molar-refractivity contribution in [3.63, 3.8) is 0 Å². The van der Waals surface area contributed by atoms with Crippen LogP contribution >= 0.6 is 0 Å². The van der Waals surface area contributed by atoms with Crippen molar-refractivity contribution in [1.29, 1.82) is 0 Å². The number of phenols is 1. The number of rotatable bonds is 4. The summed E-state index contributed by atoms with van der Waals surface area (Å²) in [6.45, 7) is 2.48. The Labute approximate surface area is 141 Å². The Hall–Kier alpha value is -1.63. The normalized spacial score (nSPS) is 23.1. The van der Waals surface area contributed by atoms with Crippen LogP contribution in [0.5, 0.6) is 5.75 Å². The van der Waals surface area contributed by atoms with Crippen molar-refractivity contribution in [2.75, 3.05) is 19.8 Å². The maximum Gasteiger partial charge on any atom is 0.302 e. The van der Waals surface area contributed by atoms with Crippen LogP contribution in [0.3, 0.4) is 0 Å². The number of benzene rings is 1. The summed E-state index contributed by atoms with van der Waals surface area (Å²) in [7, 11) is 0. The van der Waals surface area contributed by atoms with Crippen LogP contribution in [0.1, 0.15) is 38.2 Å². The Morgan fingerprint density at radius 3 is 2.29 bits per heavy atom. The first-order chi connectivity index (χ1) is 11.5. The van der Waals surface area contributed by atoms with Gasteiger partial charge in [0.1, 0.15) is 12.4 Å². The topological polar surface area (TPSA) is 85.2 Å². The quantitative estimate of drug-likeness (QED) is 0.817. The van der Waals surface area contributed by atoms with E-state index in [1.54, 1.807) is 12.1 Å². The van der Waals surface area contributed by atoms with E-state index in [9.17, 15) is 15.0 Å². The molecule has 0 aromatic heterocycles. The van der Waals surface area contributed by atoms with E-state index in [0.29, 0.717) is 38.9 Å². The minimum Gasteiger partial charge on any atom is -0.508 e. The monoisotopic (exact) mass is 336 g/mol. The summed E-state index contributed by atoms with van der Waals surface area (Å²) in [6, 6.07) is 6.87. The van der Waals surface area contributed by atoms with Crippen LogP contribution in [0, 0.1) is 0 Å². The first kappa shape index (κ1) is 17.2. The highest BCUT2D eigenvalue weighted by molar-refractivity contribution is 5.65. The van der Waals surface area contributed by atoms with Crippen molar-refractivity contribution >= 4 is 5.97 Å². The fourth-order valence-corrected chi connectivity index (χ4v) is 3.83. The molecule has 0 amide bonds. The van der Waals surface area contributed by atoms with E-state index in [0.717, 1.165) is 5.56 Å². The van der Waals surface area contributed by atoms with Crippen LogP contribution in [0.15, 0.2) is 24.3 Å². The molecule has 1 spiro atoms. The lowest BCUT2D eigenvalue weighted by Gasteiger charge is -2.46. The number of aromatic hydroxyl groups is 1. The van der Waals surface area contributed by atoms with Crippen molar-refractivity contribution in [3.8, 4) is 5.75 Å². The molecule has 1 heterocycles. The summed E-state index contributed by atoms with van der Waals surface area (Å²) in [5.41, 5.74) is 0.372. The van der Waals surface area contributed by atoms with Crippen molar-refractivity contribution in [1.82, 2.24) is 0 Å². The average molecular weight is 336 g/mol. The van der Waals surface area contributed by atoms with Gasteiger partial charge in [0, 0.05) is 25.2 Å². The average Bonchev–Trinajstić information content (AvgIpc) is 3.03. The molecule has 6 heteroatoms. The third kappa shape index (κ3) is 3.27. The number of hydrogen-bond donors (Lipinski definition) is 2. The maximum atomic E-state index is 11.1. The van der Waals surface area contributed by atoms with Gasteiger partial charge >= 0.3 is 5.97 Å². The summed E-state index contributed by atoms with van der Waals surface area (Å²) in [6.07, 6.45) is 1.82. The fraction of sp³-hybridized carbons (Fsp3) is 0.611. The van der Waals surface area contributed by atoms with Gasteiger partial charge in [-0.2, -0.15) is 0 Å². The lowest BCUT2D eigenvalue weighted by Crippen LogP contribution is -2.50. The van der Waals surface area contributed by atoms with Gasteiger partial charge in [-0.15, -0.1) is 0 Å². The summed E-state index contributed by atoms with van der Waals surface area (Å²) >= 11 is 0. The smallest absolute Gasteiger partial charge is 0.302 e. The number of esters is 1. The van der Waals surface area contributed by atoms with E-state index < -0.39 is 23.3 Å². The van der Waals surface area contributed by atoms with E-state index in [2.05, 4.69) is 0 Å². The van der Waals surface area contributed by atoms with Gasteiger partial charge in [-0.25, -0.2) is 0 Å². The van der Waals surface area contributed by atoms with Gasteiger partial charge in [0.05, 0.1) is 19.3 Å². The minimum atomic E-state index is -0.829. The minimum absolute atomic E-state index is 0.0507. The van der Waals surface area contributed by atoms with E-state index in [1.807, 2.05) is 12.1 Å². The lowest BCUT2D eigenvalue weighted by atomic mass is 9.64. The van der Waals surface area contributed by atoms with Crippen molar-refractivity contribution < 1.29 is 29.2 Å². The second kappa shape index (κ2) is 6.70. The molecule has 1 aliphatic heterocycles. The Balaban J connectivity index is 1.84. The summed E-state index contributed by atoms with van der Waals surface area (Å²) in [5, 5.41) is 20.4. The highest BCUT2D eigenvalue weighted by Gasteiger charge is 2.50. The zero-order valence-corrected chi connectivity index (χ0v) is 13.9. The number of ether oxygens (including phenoxy) is 3. The molecule has 1 unspecified atom stereocenters. The van der Waals surface area contributed by atoms with Crippen LogP contribution in [-0.2, 0) is 24.4 Å². The number of carbonyl (C=O) groups is 1. The summed E-state index contributed by atoms with van der Waals surface area (Å²) in [4.78, 5) is 11.1. The largest absolute Gasteiger partial charge is 0.508 e. The Morgan fingerprint density at radius 2 is 1.75 bits per heavy atom. The molecule has 132 valence electrons. The van der Waals surface area contributed by atoms with Gasteiger partial charge in [0.15, 0.2) is 5.79 Å². The molecule has 2 fully saturated rings. The SMILES string of the molecule is CC(=O)OCC(O)C1(c2ccc(O)cc2)CCC2(CC1)OCCO2. The van der Waals surface area contributed by atoms with Crippen LogP contribution in [0.4, 0.5) is 0 Å². The third-order valence-corrected chi connectivity index (χ3v) is 5.24. The van der Waals surface area contributed by atoms with E-state index in [4.69, 9.17) is 14.2 Å². The Kier molecular flexibility index (Phi) is 4.80. The number of aliphatic hydroxyl groups excluding tert-OH is 1. The van der Waals surface area contributed by atoms with E-state index in [-0.39, 0.29) is 12.4 Å². The van der Waals surface area contributed by atoms with Gasteiger partial charge in [0.25, 0.3) is 0 Å². The molecular weight excluding hydrogens is 312 g/mol. The van der Waals surface area contributed by atoms with Gasteiger partial charge in [-0.3, -0.25) is 4.79 Å². The number of aliphatic hydroxyl groups is 1. The van der Waals surface area contributed by atoms with Crippen LogP contribution in [0.25, 0.3) is 0 Å². The number of carbonyl (C=O) groups excluding carboxylic acids is 1. The van der Waals surface area contributed by atoms with E-state index >= 15 is 0 Å². The molecule has 24 heavy (non-hydrogen) atoms. The van der Waals surface area contributed by atoms with Gasteiger partial charge in [-0.05, 0) is 30.5 Å². The van der Waals surface area contributed by atoms with Crippen molar-refractivity contribution in [3.05, 3.63) is 29.8 Å². The molecule has 6 nitrogen and oxygen atoms in total. The standard InChI is InChI=1S/C18H24O6/c1-13(19)22-12-16(21)17(14-2-4-15(20)5-3-14)6-8-18(9-7-17)23-10-11-24-18/h2-5,16,20-21H,6-12H2,1H3. The molecule has 3 rings (SSSR count). The first-order valence-corrected chi connectivity index (χ1v) is 8.35. The van der Waals surface area contributed by atoms with Crippen molar-refractivity contribution in [2.24, 2.45) is 0 Å². The van der Waals surface area contributed by atoms with Gasteiger partial charge in [-0.1, -0.05) is 12.1 Å². The molecule has 1 aromatic rings. The number of phenolic OH excluding ortho intramolecular Hbond substituents is 1. The van der Waals surface area contributed by atoms with Crippen LogP contribution < -0.4 is 0 Å². The molecule has 1 saturated carbocycles. The predicted molar refractivity (Wildman–Crippen MR) is 85.5 cm³/mol. The molecule has 2 aliphatic rings. The summed E-state index contributed by atoms with van der Waals surface area (Å²) in [5.74, 6) is -0.774. The third-order valence-electron chi connectivity index (χ3n) is 5.24. The molecule has 1 aromatic carbocycles. The van der Waals surface area contributed by atoms with E-state index in [1.165, 1.54) is 6.92 Å². The number of hydrogen-bond acceptors (Lipinski definition) is 6. The predicted octanol–water partition coefficient (Wildman–Crippen LogP) is 1.87. The van der Waals surface area contributed by atoms with Crippen LogP contribution in [0.2, 0.25) is 0 Å². The lowest BCUT2D eigenvalue weighted by molar-refractivity contribution is -0.193. The second-order valence-corrected chi connectivity index (χ2v) is 6.63. The Morgan fingerprint density at radius 1 is 1.17 bits per heavy atom. The second-order valence-electron chi connectivity index (χ2n) is 6.63. The molecule has 1 atom stereocenters. The van der Waals surface area contributed by atoms with Gasteiger partial charge in [0.2, 0.25) is 0 Å². The molecule has 1 saturated heterocycles. The zero-order valence-electron chi connectivity index (χ0n) is 13.9. The highest BCUT2D eigenvalue weighted by Crippen LogP contribution is 2.48. The maximum absolute atomic E-state index is 11.1.